The minimum Gasteiger partial charge on any atom is -0.378 e. The van der Waals surface area contributed by atoms with E-state index in [0.29, 0.717) is 36.8 Å². The summed E-state index contributed by atoms with van der Waals surface area (Å²) < 4.78 is 5.84. The van der Waals surface area contributed by atoms with Gasteiger partial charge in [-0.1, -0.05) is 19.1 Å². The fraction of sp³-hybridized carbons (Fsp3) is 0.556. The zero-order valence-electron chi connectivity index (χ0n) is 13.2. The second kappa shape index (κ2) is 8.55. The number of nitriles is 1. The summed E-state index contributed by atoms with van der Waals surface area (Å²) in [7, 11) is 0. The Morgan fingerprint density at radius 2 is 2.05 bits per heavy atom. The first-order valence-electron chi connectivity index (χ1n) is 8.09. The van der Waals surface area contributed by atoms with Crippen LogP contribution in [-0.2, 0) is 9.53 Å². The largest absolute Gasteiger partial charge is 0.378 e. The van der Waals surface area contributed by atoms with Crippen molar-refractivity contribution < 1.29 is 9.53 Å². The summed E-state index contributed by atoms with van der Waals surface area (Å²) in [5.41, 5.74) is 1.07. The third kappa shape index (κ3) is 5.16. The van der Waals surface area contributed by atoms with E-state index in [9.17, 15) is 4.79 Å². The maximum atomic E-state index is 11.9. The van der Waals surface area contributed by atoms with Crippen molar-refractivity contribution in [3.8, 4) is 6.07 Å². The highest BCUT2D eigenvalue weighted by Gasteiger charge is 2.18. The van der Waals surface area contributed by atoms with Crippen molar-refractivity contribution in [1.82, 2.24) is 0 Å². The quantitative estimate of drug-likeness (QED) is 0.811. The Morgan fingerprint density at radius 1 is 1.32 bits per heavy atom. The van der Waals surface area contributed by atoms with Crippen molar-refractivity contribution in [2.75, 3.05) is 11.9 Å². The number of carbonyl (C=O) groups is 1. The predicted octanol–water partition coefficient (Wildman–Crippen LogP) is 3.87. The van der Waals surface area contributed by atoms with E-state index in [0.717, 1.165) is 18.8 Å². The molecule has 4 nitrogen and oxygen atoms in total. The van der Waals surface area contributed by atoms with Gasteiger partial charge in [0, 0.05) is 13.0 Å². The molecule has 1 aromatic rings. The van der Waals surface area contributed by atoms with E-state index in [1.165, 1.54) is 12.8 Å². The molecule has 1 N–H and O–H groups in total. The molecule has 1 saturated carbocycles. The molecule has 0 radical (unpaired) electrons. The number of amides is 1. The highest BCUT2D eigenvalue weighted by Crippen LogP contribution is 2.25. The van der Waals surface area contributed by atoms with Gasteiger partial charge in [-0.05, 0) is 50.2 Å². The zero-order valence-corrected chi connectivity index (χ0v) is 13.2. The maximum Gasteiger partial charge on any atom is 0.224 e. The molecule has 0 spiro atoms. The lowest BCUT2D eigenvalue weighted by Crippen LogP contribution is -2.21. The SMILES string of the molecule is CC1CCC(OCCCC(=O)Nc2ccccc2C#N)CC1. The molecule has 0 bridgehead atoms. The summed E-state index contributed by atoms with van der Waals surface area (Å²) in [6.07, 6.45) is 6.28. The molecular weight excluding hydrogens is 276 g/mol. The van der Waals surface area contributed by atoms with Crippen molar-refractivity contribution in [3.63, 3.8) is 0 Å². The predicted molar refractivity (Wildman–Crippen MR) is 86.4 cm³/mol. The van der Waals surface area contributed by atoms with Crippen LogP contribution in [0.4, 0.5) is 5.69 Å². The summed E-state index contributed by atoms with van der Waals surface area (Å²) in [6.45, 7) is 2.92. The number of anilines is 1. The summed E-state index contributed by atoms with van der Waals surface area (Å²) in [5.74, 6) is 0.759. The van der Waals surface area contributed by atoms with Crippen LogP contribution in [0, 0.1) is 17.2 Å². The summed E-state index contributed by atoms with van der Waals surface area (Å²) in [6, 6.07) is 9.11. The molecule has 1 aromatic carbocycles. The van der Waals surface area contributed by atoms with Gasteiger partial charge in [-0.25, -0.2) is 0 Å². The highest BCUT2D eigenvalue weighted by molar-refractivity contribution is 5.92. The molecule has 0 saturated heterocycles. The lowest BCUT2D eigenvalue weighted by atomic mass is 9.89. The lowest BCUT2D eigenvalue weighted by molar-refractivity contribution is -0.116. The molecule has 1 amide bonds. The van der Waals surface area contributed by atoms with Crippen molar-refractivity contribution >= 4 is 11.6 Å². The lowest BCUT2D eigenvalue weighted by Gasteiger charge is -2.26. The Morgan fingerprint density at radius 3 is 2.77 bits per heavy atom. The Bertz CT molecular complexity index is 528. The number of nitrogens with zero attached hydrogens (tertiary/aromatic N) is 1. The van der Waals surface area contributed by atoms with Gasteiger partial charge in [-0.3, -0.25) is 4.79 Å². The van der Waals surface area contributed by atoms with E-state index in [2.05, 4.69) is 18.3 Å². The number of hydrogen-bond donors (Lipinski definition) is 1. The standard InChI is InChI=1S/C18H24N2O2/c1-14-8-10-16(11-9-14)22-12-4-7-18(21)20-17-6-3-2-5-15(17)13-19/h2-3,5-6,14,16H,4,7-12H2,1H3,(H,20,21). The Hall–Kier alpha value is -1.86. The number of para-hydroxylation sites is 1. The molecule has 1 aliphatic carbocycles. The second-order valence-corrected chi connectivity index (χ2v) is 6.06. The van der Waals surface area contributed by atoms with Gasteiger partial charge in [0.25, 0.3) is 0 Å². The van der Waals surface area contributed by atoms with Crippen molar-refractivity contribution in [2.45, 2.75) is 51.6 Å². The Labute approximate surface area is 132 Å². The van der Waals surface area contributed by atoms with Crippen LogP contribution in [0.15, 0.2) is 24.3 Å². The van der Waals surface area contributed by atoms with E-state index in [1.54, 1.807) is 18.2 Å². The van der Waals surface area contributed by atoms with Crippen LogP contribution >= 0.6 is 0 Å². The monoisotopic (exact) mass is 300 g/mol. The number of rotatable bonds is 6. The van der Waals surface area contributed by atoms with Gasteiger partial charge < -0.3 is 10.1 Å². The van der Waals surface area contributed by atoms with Gasteiger partial charge in [-0.15, -0.1) is 0 Å². The van der Waals surface area contributed by atoms with Crippen LogP contribution in [0.25, 0.3) is 0 Å². The zero-order chi connectivity index (χ0) is 15.8. The Balaban J connectivity index is 1.65. The van der Waals surface area contributed by atoms with Gasteiger partial charge in [0.05, 0.1) is 17.4 Å². The van der Waals surface area contributed by atoms with Gasteiger partial charge in [0.15, 0.2) is 0 Å². The molecule has 2 rings (SSSR count). The van der Waals surface area contributed by atoms with E-state index in [-0.39, 0.29) is 5.91 Å². The number of hydrogen-bond acceptors (Lipinski definition) is 3. The van der Waals surface area contributed by atoms with Crippen LogP contribution in [0.3, 0.4) is 0 Å². The van der Waals surface area contributed by atoms with E-state index in [4.69, 9.17) is 10.00 Å². The van der Waals surface area contributed by atoms with Gasteiger partial charge >= 0.3 is 0 Å². The average molecular weight is 300 g/mol. The maximum absolute atomic E-state index is 11.9. The van der Waals surface area contributed by atoms with Gasteiger partial charge in [0.1, 0.15) is 6.07 Å². The third-order valence-corrected chi connectivity index (χ3v) is 4.19. The van der Waals surface area contributed by atoms with Crippen molar-refractivity contribution in [2.24, 2.45) is 5.92 Å². The van der Waals surface area contributed by atoms with Crippen LogP contribution in [0.5, 0.6) is 0 Å². The second-order valence-electron chi connectivity index (χ2n) is 6.06. The molecule has 0 unspecified atom stereocenters. The average Bonchev–Trinajstić information content (AvgIpc) is 2.54. The van der Waals surface area contributed by atoms with Crippen molar-refractivity contribution in [1.29, 1.82) is 5.26 Å². The molecule has 1 fully saturated rings. The minimum absolute atomic E-state index is 0.0661. The number of ether oxygens (including phenoxy) is 1. The molecule has 0 aliphatic heterocycles. The normalized spacial score (nSPS) is 21.1. The molecule has 22 heavy (non-hydrogen) atoms. The molecular formula is C18H24N2O2. The number of carbonyl (C=O) groups excluding carboxylic acids is 1. The smallest absolute Gasteiger partial charge is 0.224 e. The number of nitrogens with one attached hydrogen (secondary N) is 1. The Kier molecular flexibility index (Phi) is 6.42. The van der Waals surface area contributed by atoms with E-state index in [1.807, 2.05) is 6.07 Å². The van der Waals surface area contributed by atoms with Gasteiger partial charge in [-0.2, -0.15) is 5.26 Å². The van der Waals surface area contributed by atoms with Crippen LogP contribution < -0.4 is 5.32 Å². The summed E-state index contributed by atoms with van der Waals surface area (Å²) >= 11 is 0. The highest BCUT2D eigenvalue weighted by atomic mass is 16.5. The molecule has 118 valence electrons. The topological polar surface area (TPSA) is 62.1 Å². The fourth-order valence-corrected chi connectivity index (χ4v) is 2.78. The van der Waals surface area contributed by atoms with Crippen LogP contribution in [0.1, 0.15) is 51.0 Å². The summed E-state index contributed by atoms with van der Waals surface area (Å²) in [5, 5.41) is 11.8. The first kappa shape index (κ1) is 16.5. The van der Waals surface area contributed by atoms with E-state index >= 15 is 0 Å². The minimum atomic E-state index is -0.0661. The molecule has 0 heterocycles. The van der Waals surface area contributed by atoms with Crippen LogP contribution in [0.2, 0.25) is 0 Å². The molecule has 4 heteroatoms. The first-order valence-corrected chi connectivity index (χ1v) is 8.09. The molecule has 0 aromatic heterocycles. The molecule has 0 atom stereocenters. The first-order chi connectivity index (χ1) is 10.7. The molecule has 1 aliphatic rings. The van der Waals surface area contributed by atoms with Crippen molar-refractivity contribution in [3.05, 3.63) is 29.8 Å². The van der Waals surface area contributed by atoms with Gasteiger partial charge in [0.2, 0.25) is 5.91 Å². The van der Waals surface area contributed by atoms with Crippen LogP contribution in [-0.4, -0.2) is 18.6 Å². The number of benzene rings is 1. The van der Waals surface area contributed by atoms with E-state index < -0.39 is 0 Å². The summed E-state index contributed by atoms with van der Waals surface area (Å²) in [4.78, 5) is 11.9. The fourth-order valence-electron chi connectivity index (χ4n) is 2.78. The third-order valence-electron chi connectivity index (χ3n) is 4.19.